The molecule has 2 rings (SSSR count). The first-order chi connectivity index (χ1) is 12.0. The monoisotopic (exact) mass is 380 g/mol. The van der Waals surface area contributed by atoms with Crippen LogP contribution >= 0.6 is 11.8 Å². The zero-order valence-corrected chi connectivity index (χ0v) is 15.6. The molecule has 0 unspecified atom stereocenters. The molecular formula is C17H20N2O4S2. The lowest BCUT2D eigenvalue weighted by molar-refractivity contribution is 0.102. The number of benzene rings is 2. The number of amides is 1. The Morgan fingerprint density at radius 2 is 1.92 bits per heavy atom. The molecule has 0 atom stereocenters. The van der Waals surface area contributed by atoms with Crippen LogP contribution in [0.15, 0.2) is 58.3 Å². The smallest absolute Gasteiger partial charge is 0.255 e. The van der Waals surface area contributed by atoms with Crippen molar-refractivity contribution in [2.45, 2.75) is 9.79 Å². The van der Waals surface area contributed by atoms with Crippen molar-refractivity contribution in [2.24, 2.45) is 0 Å². The van der Waals surface area contributed by atoms with Gasteiger partial charge in [-0.05, 0) is 42.7 Å². The van der Waals surface area contributed by atoms with Crippen molar-refractivity contribution >= 4 is 33.4 Å². The summed E-state index contributed by atoms with van der Waals surface area (Å²) >= 11 is 1.57. The van der Waals surface area contributed by atoms with E-state index in [-0.39, 0.29) is 29.5 Å². The number of carbonyl (C=O) groups excluding carboxylic acids is 1. The Morgan fingerprint density at radius 1 is 1.16 bits per heavy atom. The number of sulfonamides is 1. The van der Waals surface area contributed by atoms with E-state index in [0.29, 0.717) is 5.69 Å². The van der Waals surface area contributed by atoms with Crippen molar-refractivity contribution in [3.05, 3.63) is 54.1 Å². The maximum absolute atomic E-state index is 12.4. The fourth-order valence-electron chi connectivity index (χ4n) is 2.07. The minimum Gasteiger partial charge on any atom is -0.383 e. The van der Waals surface area contributed by atoms with Crippen LogP contribution in [0.3, 0.4) is 0 Å². The van der Waals surface area contributed by atoms with Gasteiger partial charge in [-0.15, -0.1) is 11.8 Å². The van der Waals surface area contributed by atoms with Crippen LogP contribution in [0.1, 0.15) is 10.4 Å². The van der Waals surface area contributed by atoms with Crippen molar-refractivity contribution in [1.29, 1.82) is 0 Å². The summed E-state index contributed by atoms with van der Waals surface area (Å²) in [5, 5.41) is 2.78. The summed E-state index contributed by atoms with van der Waals surface area (Å²) in [6.45, 7) is 0.432. The standard InChI is InChI=1S/C17H20N2O4S2/c1-23-10-9-18-25(21,22)16-8-3-5-13(11-16)17(20)19-14-6-4-7-15(12-14)24-2/h3-8,11-12,18H,9-10H2,1-2H3,(H,19,20). The van der Waals surface area contributed by atoms with Crippen LogP contribution in [0.5, 0.6) is 0 Å². The molecule has 8 heteroatoms. The summed E-state index contributed by atoms with van der Waals surface area (Å²) in [4.78, 5) is 13.5. The molecule has 0 radical (unpaired) electrons. The minimum absolute atomic E-state index is 0.0362. The van der Waals surface area contributed by atoms with Crippen LogP contribution in [0.25, 0.3) is 0 Å². The van der Waals surface area contributed by atoms with Crippen LogP contribution in [0.2, 0.25) is 0 Å². The quantitative estimate of drug-likeness (QED) is 0.543. The van der Waals surface area contributed by atoms with Gasteiger partial charge in [0.15, 0.2) is 0 Å². The van der Waals surface area contributed by atoms with Crippen LogP contribution < -0.4 is 10.0 Å². The van der Waals surface area contributed by atoms with Gasteiger partial charge in [0, 0.05) is 29.8 Å². The van der Waals surface area contributed by atoms with E-state index in [2.05, 4.69) is 10.0 Å². The van der Waals surface area contributed by atoms with Crippen LogP contribution in [0, 0.1) is 0 Å². The van der Waals surface area contributed by atoms with Crippen LogP contribution in [0.4, 0.5) is 5.69 Å². The van der Waals surface area contributed by atoms with Crippen molar-refractivity contribution in [2.75, 3.05) is 31.8 Å². The third kappa shape index (κ3) is 5.57. The molecule has 1 amide bonds. The van der Waals surface area contributed by atoms with Crippen molar-refractivity contribution in [3.8, 4) is 0 Å². The molecule has 134 valence electrons. The van der Waals surface area contributed by atoms with E-state index in [1.807, 2.05) is 24.5 Å². The number of carbonyl (C=O) groups is 1. The van der Waals surface area contributed by atoms with Gasteiger partial charge in [0.05, 0.1) is 11.5 Å². The maximum Gasteiger partial charge on any atom is 0.255 e. The second kappa shape index (κ2) is 9.00. The molecule has 2 aromatic carbocycles. The van der Waals surface area contributed by atoms with Gasteiger partial charge in [-0.1, -0.05) is 12.1 Å². The Labute approximate surface area is 152 Å². The number of nitrogens with one attached hydrogen (secondary N) is 2. The third-order valence-electron chi connectivity index (χ3n) is 3.33. The average Bonchev–Trinajstić information content (AvgIpc) is 2.62. The average molecular weight is 380 g/mol. The van der Waals surface area contributed by atoms with Gasteiger partial charge in [-0.25, -0.2) is 13.1 Å². The molecule has 2 N–H and O–H groups in total. The SMILES string of the molecule is COCCNS(=O)(=O)c1cccc(C(=O)Nc2cccc(SC)c2)c1. The first kappa shape index (κ1) is 19.5. The van der Waals surface area contributed by atoms with Gasteiger partial charge < -0.3 is 10.1 Å². The summed E-state index contributed by atoms with van der Waals surface area (Å²) < 4.78 is 31.7. The Hall–Kier alpha value is -1.87. The Kier molecular flexibility index (Phi) is 7.01. The number of thioether (sulfide) groups is 1. The first-order valence-corrected chi connectivity index (χ1v) is 10.2. The van der Waals surface area contributed by atoms with Gasteiger partial charge in [0.25, 0.3) is 5.91 Å². The molecular weight excluding hydrogens is 360 g/mol. The van der Waals surface area contributed by atoms with Crippen molar-refractivity contribution < 1.29 is 17.9 Å². The number of methoxy groups -OCH3 is 1. The van der Waals surface area contributed by atoms with Crippen molar-refractivity contribution in [3.63, 3.8) is 0 Å². The highest BCUT2D eigenvalue weighted by atomic mass is 32.2. The van der Waals surface area contributed by atoms with Crippen LogP contribution in [-0.2, 0) is 14.8 Å². The van der Waals surface area contributed by atoms with Gasteiger partial charge in [0.1, 0.15) is 0 Å². The van der Waals surface area contributed by atoms with E-state index in [1.54, 1.807) is 23.9 Å². The number of rotatable bonds is 8. The van der Waals surface area contributed by atoms with E-state index < -0.39 is 10.0 Å². The topological polar surface area (TPSA) is 84.5 Å². The van der Waals surface area contributed by atoms with E-state index in [0.717, 1.165) is 4.90 Å². The lowest BCUT2D eigenvalue weighted by atomic mass is 10.2. The van der Waals surface area contributed by atoms with Gasteiger partial charge >= 0.3 is 0 Å². The third-order valence-corrected chi connectivity index (χ3v) is 5.52. The van der Waals surface area contributed by atoms with Gasteiger partial charge in [-0.2, -0.15) is 0 Å². The molecule has 6 nitrogen and oxygen atoms in total. The molecule has 0 fully saturated rings. The predicted molar refractivity (Wildman–Crippen MR) is 99.7 cm³/mol. The molecule has 25 heavy (non-hydrogen) atoms. The largest absolute Gasteiger partial charge is 0.383 e. The van der Waals surface area contributed by atoms with E-state index in [1.165, 1.54) is 25.3 Å². The summed E-state index contributed by atoms with van der Waals surface area (Å²) in [6.07, 6.45) is 1.95. The van der Waals surface area contributed by atoms with Crippen LogP contribution in [-0.4, -0.2) is 40.8 Å². The van der Waals surface area contributed by atoms with Gasteiger partial charge in [0.2, 0.25) is 10.0 Å². The summed E-state index contributed by atoms with van der Waals surface area (Å²) in [7, 11) is -2.19. The molecule has 0 saturated heterocycles. The molecule has 0 heterocycles. The highest BCUT2D eigenvalue weighted by Gasteiger charge is 2.16. The Morgan fingerprint density at radius 3 is 2.64 bits per heavy atom. The predicted octanol–water partition coefficient (Wildman–Crippen LogP) is 2.59. The normalized spacial score (nSPS) is 11.3. The Bertz CT molecular complexity index is 838. The molecule has 0 aliphatic carbocycles. The number of hydrogen-bond donors (Lipinski definition) is 2. The zero-order chi connectivity index (χ0) is 18.3. The number of ether oxygens (including phenoxy) is 1. The first-order valence-electron chi connectivity index (χ1n) is 7.50. The Balaban J connectivity index is 2.15. The lowest BCUT2D eigenvalue weighted by Crippen LogP contribution is -2.27. The number of anilines is 1. The molecule has 0 aliphatic rings. The van der Waals surface area contributed by atoms with E-state index in [9.17, 15) is 13.2 Å². The second-order valence-corrected chi connectivity index (χ2v) is 7.75. The highest BCUT2D eigenvalue weighted by molar-refractivity contribution is 7.98. The van der Waals surface area contributed by atoms with Gasteiger partial charge in [-0.3, -0.25) is 4.79 Å². The minimum atomic E-state index is -3.69. The highest BCUT2D eigenvalue weighted by Crippen LogP contribution is 2.20. The fourth-order valence-corrected chi connectivity index (χ4v) is 3.59. The zero-order valence-electron chi connectivity index (χ0n) is 14.0. The number of hydrogen-bond acceptors (Lipinski definition) is 5. The molecule has 2 aromatic rings. The molecule has 0 bridgehead atoms. The van der Waals surface area contributed by atoms with Crippen molar-refractivity contribution in [1.82, 2.24) is 4.72 Å². The molecule has 0 spiro atoms. The molecule has 0 saturated carbocycles. The lowest BCUT2D eigenvalue weighted by Gasteiger charge is -2.09. The second-order valence-electron chi connectivity index (χ2n) is 5.10. The summed E-state index contributed by atoms with van der Waals surface area (Å²) in [6, 6.07) is 13.3. The summed E-state index contributed by atoms with van der Waals surface area (Å²) in [5.41, 5.74) is 0.924. The molecule has 0 aromatic heterocycles. The maximum atomic E-state index is 12.4. The van der Waals surface area contributed by atoms with E-state index in [4.69, 9.17) is 4.74 Å². The molecule has 0 aliphatic heterocycles. The fraction of sp³-hybridized carbons (Fsp3) is 0.235. The summed E-state index contributed by atoms with van der Waals surface area (Å²) in [5.74, 6) is -0.368. The van der Waals surface area contributed by atoms with E-state index >= 15 is 0 Å².